The first kappa shape index (κ1) is 24.7. The third kappa shape index (κ3) is 5.78. The molecule has 0 radical (unpaired) electrons. The molecule has 1 fully saturated rings. The van der Waals surface area contributed by atoms with Gasteiger partial charge in [-0.1, -0.05) is 31.5 Å². The Bertz CT molecular complexity index is 1170. The molecule has 1 aliphatic heterocycles. The van der Waals surface area contributed by atoms with Crippen molar-refractivity contribution in [3.8, 4) is 0 Å². The van der Waals surface area contributed by atoms with Gasteiger partial charge in [0.1, 0.15) is 6.23 Å². The number of sulfonamides is 1. The van der Waals surface area contributed by atoms with E-state index in [4.69, 9.17) is 0 Å². The van der Waals surface area contributed by atoms with Crippen LogP contribution in [0.1, 0.15) is 42.7 Å². The number of aromatic nitrogens is 1. The molecule has 2 N–H and O–H groups in total. The van der Waals surface area contributed by atoms with Crippen LogP contribution in [0.4, 0.5) is 10.8 Å². The number of unbranched alkanes of at least 4 members (excludes halogenated alkanes) is 1. The Morgan fingerprint density at radius 1 is 1.12 bits per heavy atom. The van der Waals surface area contributed by atoms with Crippen LogP contribution in [0.2, 0.25) is 0 Å². The van der Waals surface area contributed by atoms with Crippen LogP contribution in [-0.4, -0.2) is 49.6 Å². The Kier molecular flexibility index (Phi) is 7.88. The van der Waals surface area contributed by atoms with Gasteiger partial charge in [-0.2, -0.15) is 0 Å². The molecule has 0 amide bonds. The van der Waals surface area contributed by atoms with E-state index in [-0.39, 0.29) is 4.90 Å². The Morgan fingerprint density at radius 3 is 2.50 bits per heavy atom. The first-order chi connectivity index (χ1) is 16.4. The molecule has 2 aromatic carbocycles. The standard InChI is InChI=1S/C25H32N4O3S2/c1-3-4-5-20-7-9-21(10-8-20)27-34(31,32)22-11-6-19(2)23(18-22)24(30)28-13-15-29(16-14-28)25-26-12-17-33-25/h6-12,17-18,24,27,30H,3-5,13-16H2,1-2H3. The molecular weight excluding hydrogens is 468 g/mol. The van der Waals surface area contributed by atoms with Gasteiger partial charge in [0.05, 0.1) is 4.90 Å². The van der Waals surface area contributed by atoms with Crippen LogP contribution in [0.25, 0.3) is 0 Å². The zero-order chi connectivity index (χ0) is 24.1. The Balaban J connectivity index is 1.45. The minimum absolute atomic E-state index is 0.142. The third-order valence-electron chi connectivity index (χ3n) is 6.21. The number of nitrogens with one attached hydrogen (secondary N) is 1. The quantitative estimate of drug-likeness (QED) is 0.453. The molecule has 1 aliphatic rings. The third-order valence-corrected chi connectivity index (χ3v) is 8.43. The predicted octanol–water partition coefficient (Wildman–Crippen LogP) is 4.41. The summed E-state index contributed by atoms with van der Waals surface area (Å²) >= 11 is 1.61. The number of anilines is 2. The van der Waals surface area contributed by atoms with Crippen LogP contribution in [0.15, 0.2) is 58.9 Å². The largest absolute Gasteiger partial charge is 0.374 e. The average Bonchev–Trinajstić information content (AvgIpc) is 3.38. The minimum Gasteiger partial charge on any atom is -0.374 e. The van der Waals surface area contributed by atoms with Gasteiger partial charge >= 0.3 is 0 Å². The summed E-state index contributed by atoms with van der Waals surface area (Å²) in [5.41, 5.74) is 3.19. The van der Waals surface area contributed by atoms with E-state index in [0.29, 0.717) is 24.3 Å². The maximum absolute atomic E-state index is 13.1. The maximum atomic E-state index is 13.1. The number of thiazole rings is 1. The summed E-state index contributed by atoms with van der Waals surface area (Å²) in [7, 11) is -3.78. The van der Waals surface area contributed by atoms with Gasteiger partial charge in [0.25, 0.3) is 10.0 Å². The first-order valence-corrected chi connectivity index (χ1v) is 14.0. The summed E-state index contributed by atoms with van der Waals surface area (Å²) in [4.78, 5) is 8.69. The van der Waals surface area contributed by atoms with E-state index in [0.717, 1.165) is 43.0 Å². The SMILES string of the molecule is CCCCc1ccc(NS(=O)(=O)c2ccc(C)c(C(O)N3CCN(c4nccs4)CC3)c2)cc1. The highest BCUT2D eigenvalue weighted by molar-refractivity contribution is 7.92. The van der Waals surface area contributed by atoms with Crippen LogP contribution in [0, 0.1) is 6.92 Å². The zero-order valence-corrected chi connectivity index (χ0v) is 21.3. The molecule has 0 bridgehead atoms. The van der Waals surface area contributed by atoms with Gasteiger partial charge in [0.15, 0.2) is 5.13 Å². The maximum Gasteiger partial charge on any atom is 0.261 e. The molecule has 9 heteroatoms. The van der Waals surface area contributed by atoms with E-state index in [9.17, 15) is 13.5 Å². The number of aliphatic hydroxyl groups is 1. The Hall–Kier alpha value is -2.46. The van der Waals surface area contributed by atoms with Gasteiger partial charge in [-0.25, -0.2) is 13.4 Å². The summed E-state index contributed by atoms with van der Waals surface area (Å²) in [5, 5.41) is 14.1. The number of benzene rings is 2. The molecule has 182 valence electrons. The summed E-state index contributed by atoms with van der Waals surface area (Å²) in [6.45, 7) is 6.90. The summed E-state index contributed by atoms with van der Waals surface area (Å²) in [6.07, 6.45) is 4.15. The van der Waals surface area contributed by atoms with Gasteiger partial charge in [-0.05, 0) is 60.7 Å². The van der Waals surface area contributed by atoms with E-state index in [1.807, 2.05) is 29.3 Å². The van der Waals surface area contributed by atoms with Crippen molar-refractivity contribution < 1.29 is 13.5 Å². The molecule has 1 saturated heterocycles. The molecule has 2 heterocycles. The number of aryl methyl sites for hydroxylation is 2. The molecular formula is C25H32N4O3S2. The number of aliphatic hydroxyl groups excluding tert-OH is 1. The Morgan fingerprint density at radius 2 is 1.85 bits per heavy atom. The molecule has 1 aromatic heterocycles. The average molecular weight is 501 g/mol. The van der Waals surface area contributed by atoms with Crippen LogP contribution in [0.3, 0.4) is 0 Å². The van der Waals surface area contributed by atoms with Crippen molar-refractivity contribution in [2.45, 2.75) is 44.2 Å². The lowest BCUT2D eigenvalue weighted by Gasteiger charge is -2.37. The lowest BCUT2D eigenvalue weighted by atomic mass is 10.1. The summed E-state index contributed by atoms with van der Waals surface area (Å²) in [6, 6.07) is 12.5. The lowest BCUT2D eigenvalue weighted by molar-refractivity contribution is -0.00220. The second-order valence-electron chi connectivity index (χ2n) is 8.64. The number of hydrogen-bond acceptors (Lipinski definition) is 7. The van der Waals surface area contributed by atoms with Crippen molar-refractivity contribution >= 4 is 32.2 Å². The fourth-order valence-corrected chi connectivity index (χ4v) is 5.92. The molecule has 1 atom stereocenters. The van der Waals surface area contributed by atoms with Crippen molar-refractivity contribution in [1.82, 2.24) is 9.88 Å². The van der Waals surface area contributed by atoms with Crippen molar-refractivity contribution in [1.29, 1.82) is 0 Å². The van der Waals surface area contributed by atoms with Gasteiger partial charge in [0, 0.05) is 43.4 Å². The van der Waals surface area contributed by atoms with Crippen LogP contribution < -0.4 is 9.62 Å². The van der Waals surface area contributed by atoms with E-state index in [1.165, 1.54) is 5.56 Å². The summed E-state index contributed by atoms with van der Waals surface area (Å²) < 4.78 is 28.8. The second-order valence-corrected chi connectivity index (χ2v) is 11.2. The molecule has 0 aliphatic carbocycles. The highest BCUT2D eigenvalue weighted by atomic mass is 32.2. The van der Waals surface area contributed by atoms with E-state index in [2.05, 4.69) is 21.5 Å². The topological polar surface area (TPSA) is 85.8 Å². The van der Waals surface area contributed by atoms with Gasteiger partial charge < -0.3 is 10.0 Å². The van der Waals surface area contributed by atoms with Gasteiger partial charge in [-0.15, -0.1) is 11.3 Å². The smallest absolute Gasteiger partial charge is 0.261 e. The molecule has 0 spiro atoms. The normalized spacial score (nSPS) is 15.9. The van der Waals surface area contributed by atoms with Crippen molar-refractivity contribution in [2.24, 2.45) is 0 Å². The number of nitrogens with zero attached hydrogens (tertiary/aromatic N) is 3. The van der Waals surface area contributed by atoms with Crippen molar-refractivity contribution in [3.63, 3.8) is 0 Å². The minimum atomic E-state index is -3.78. The van der Waals surface area contributed by atoms with E-state index < -0.39 is 16.3 Å². The van der Waals surface area contributed by atoms with Crippen molar-refractivity contribution in [3.05, 3.63) is 70.7 Å². The Labute approximate surface area is 206 Å². The van der Waals surface area contributed by atoms with Gasteiger partial charge in [-0.3, -0.25) is 9.62 Å². The zero-order valence-electron chi connectivity index (χ0n) is 19.6. The van der Waals surface area contributed by atoms with E-state index >= 15 is 0 Å². The fourth-order valence-electron chi connectivity index (χ4n) is 4.12. The second kappa shape index (κ2) is 10.9. The highest BCUT2D eigenvalue weighted by Crippen LogP contribution is 2.28. The lowest BCUT2D eigenvalue weighted by Crippen LogP contribution is -2.47. The first-order valence-electron chi connectivity index (χ1n) is 11.7. The number of hydrogen-bond donors (Lipinski definition) is 2. The summed E-state index contributed by atoms with van der Waals surface area (Å²) in [5.74, 6) is 0. The fraction of sp³-hybridized carbons (Fsp3) is 0.400. The van der Waals surface area contributed by atoms with Gasteiger partial charge in [0.2, 0.25) is 0 Å². The number of piperazine rings is 1. The molecule has 0 saturated carbocycles. The van der Waals surface area contributed by atoms with Crippen LogP contribution >= 0.6 is 11.3 Å². The van der Waals surface area contributed by atoms with E-state index in [1.54, 1.807) is 47.9 Å². The molecule has 7 nitrogen and oxygen atoms in total. The monoisotopic (exact) mass is 500 g/mol. The highest BCUT2D eigenvalue weighted by Gasteiger charge is 2.26. The predicted molar refractivity (Wildman–Crippen MR) is 138 cm³/mol. The van der Waals surface area contributed by atoms with Crippen LogP contribution in [-0.2, 0) is 16.4 Å². The molecule has 4 rings (SSSR count). The molecule has 3 aromatic rings. The molecule has 34 heavy (non-hydrogen) atoms. The van der Waals surface area contributed by atoms with Crippen LogP contribution in [0.5, 0.6) is 0 Å². The molecule has 1 unspecified atom stereocenters. The van der Waals surface area contributed by atoms with Crippen molar-refractivity contribution in [2.75, 3.05) is 35.8 Å². The number of rotatable bonds is 9.